The van der Waals surface area contributed by atoms with Crippen LogP contribution < -0.4 is 0 Å². The van der Waals surface area contributed by atoms with Gasteiger partial charge in [0, 0.05) is 7.11 Å². The fourth-order valence-electron chi connectivity index (χ4n) is 2.81. The summed E-state index contributed by atoms with van der Waals surface area (Å²) in [5.41, 5.74) is 0. The number of hydrogen-bond donors (Lipinski definition) is 1. The number of aliphatic hydroxyl groups excluding tert-OH is 1. The van der Waals surface area contributed by atoms with Gasteiger partial charge in [0.15, 0.2) is 0 Å². The third-order valence-corrected chi connectivity index (χ3v) is 4.31. The summed E-state index contributed by atoms with van der Waals surface area (Å²) in [6.07, 6.45) is 16.9. The molecule has 0 aliphatic heterocycles. The highest BCUT2D eigenvalue weighted by molar-refractivity contribution is 4.60. The first kappa shape index (κ1) is 20.9. The summed E-state index contributed by atoms with van der Waals surface area (Å²) in [7, 11) is 1.83. The third-order valence-electron chi connectivity index (χ3n) is 4.31. The summed E-state index contributed by atoms with van der Waals surface area (Å²) in [6.45, 7) is 6.09. The minimum Gasteiger partial charge on any atom is -0.393 e. The van der Waals surface area contributed by atoms with E-state index in [2.05, 4.69) is 13.8 Å². The van der Waals surface area contributed by atoms with Gasteiger partial charge in [0.2, 0.25) is 0 Å². The van der Waals surface area contributed by atoms with Crippen LogP contribution in [-0.2, 0) is 4.74 Å². The molecule has 0 rings (SSSR count). The van der Waals surface area contributed by atoms with Gasteiger partial charge in [0.1, 0.15) is 0 Å². The lowest BCUT2D eigenvalue weighted by Gasteiger charge is -2.14. The Balaban J connectivity index is 3.31. The lowest BCUT2D eigenvalue weighted by Crippen LogP contribution is -2.10. The van der Waals surface area contributed by atoms with Crippen molar-refractivity contribution < 1.29 is 9.84 Å². The standard InChI is InChI=1S/C19H39O2/c1-4-6-11-14-18(20)15-12-9-8-10-13-17-19(21-3)16-7-5-2/h18-20H,2,4-17H2,1,3H3. The molecule has 21 heavy (non-hydrogen) atoms. The second kappa shape index (κ2) is 16.3. The van der Waals surface area contributed by atoms with E-state index in [1.165, 1.54) is 64.2 Å². The van der Waals surface area contributed by atoms with Crippen LogP contribution >= 0.6 is 0 Å². The molecule has 2 heteroatoms. The molecule has 2 atom stereocenters. The molecule has 2 unspecified atom stereocenters. The van der Waals surface area contributed by atoms with Crippen molar-refractivity contribution in [3.63, 3.8) is 0 Å². The molecule has 0 aliphatic carbocycles. The molecule has 0 fully saturated rings. The Morgan fingerprint density at radius 3 is 1.90 bits per heavy atom. The van der Waals surface area contributed by atoms with Gasteiger partial charge in [0.25, 0.3) is 0 Å². The summed E-state index contributed by atoms with van der Waals surface area (Å²) < 4.78 is 5.50. The maximum absolute atomic E-state index is 9.84. The number of unbranched alkanes of at least 4 members (excludes halogenated alkanes) is 7. The van der Waals surface area contributed by atoms with Crippen molar-refractivity contribution in [1.29, 1.82) is 0 Å². The van der Waals surface area contributed by atoms with Gasteiger partial charge in [-0.05, 0) is 25.7 Å². The Bertz CT molecular complexity index is 194. The third kappa shape index (κ3) is 14.6. The molecular formula is C19H39O2. The van der Waals surface area contributed by atoms with Crippen LogP contribution in [0.2, 0.25) is 0 Å². The minimum atomic E-state index is -0.0583. The quantitative estimate of drug-likeness (QED) is 0.372. The van der Waals surface area contributed by atoms with Crippen LogP contribution in [0.25, 0.3) is 0 Å². The van der Waals surface area contributed by atoms with Crippen molar-refractivity contribution in [2.45, 2.75) is 109 Å². The minimum absolute atomic E-state index is 0.0583. The van der Waals surface area contributed by atoms with Gasteiger partial charge in [-0.25, -0.2) is 0 Å². The van der Waals surface area contributed by atoms with Crippen LogP contribution in [0.5, 0.6) is 0 Å². The molecule has 1 radical (unpaired) electrons. The first-order valence-corrected chi connectivity index (χ1v) is 9.24. The largest absolute Gasteiger partial charge is 0.393 e. The predicted octanol–water partition coefficient (Wildman–Crippen LogP) is 5.68. The Kier molecular flexibility index (Phi) is 16.2. The number of methoxy groups -OCH3 is 1. The van der Waals surface area contributed by atoms with Crippen LogP contribution in [0.3, 0.4) is 0 Å². The average Bonchev–Trinajstić information content (AvgIpc) is 2.49. The maximum atomic E-state index is 9.84. The Morgan fingerprint density at radius 1 is 0.810 bits per heavy atom. The lowest BCUT2D eigenvalue weighted by atomic mass is 10.0. The fourth-order valence-corrected chi connectivity index (χ4v) is 2.81. The summed E-state index contributed by atoms with van der Waals surface area (Å²) >= 11 is 0. The summed E-state index contributed by atoms with van der Waals surface area (Å²) in [4.78, 5) is 0. The van der Waals surface area contributed by atoms with Crippen molar-refractivity contribution in [2.75, 3.05) is 7.11 Å². The highest BCUT2D eigenvalue weighted by Gasteiger charge is 2.06. The first-order chi connectivity index (χ1) is 10.2. The molecule has 1 N–H and O–H groups in total. The summed E-state index contributed by atoms with van der Waals surface area (Å²) in [5, 5.41) is 9.84. The molecule has 0 heterocycles. The zero-order valence-electron chi connectivity index (χ0n) is 14.6. The average molecular weight is 300 g/mol. The predicted molar refractivity (Wildman–Crippen MR) is 92.5 cm³/mol. The van der Waals surface area contributed by atoms with E-state index in [0.717, 1.165) is 25.7 Å². The SMILES string of the molecule is [CH2]CCCC(CCCCCCCC(O)CCCCC)OC. The van der Waals surface area contributed by atoms with E-state index in [9.17, 15) is 5.11 Å². The number of hydrogen-bond acceptors (Lipinski definition) is 2. The van der Waals surface area contributed by atoms with Gasteiger partial charge >= 0.3 is 0 Å². The molecule has 0 amide bonds. The molecule has 0 aliphatic rings. The molecule has 2 nitrogen and oxygen atoms in total. The summed E-state index contributed by atoms with van der Waals surface area (Å²) in [5.74, 6) is 0. The molecule has 0 spiro atoms. The topological polar surface area (TPSA) is 29.5 Å². The van der Waals surface area contributed by atoms with Gasteiger partial charge < -0.3 is 9.84 Å². The van der Waals surface area contributed by atoms with Crippen LogP contribution in [0.15, 0.2) is 0 Å². The van der Waals surface area contributed by atoms with Gasteiger partial charge in [0.05, 0.1) is 12.2 Å². The molecule has 0 bridgehead atoms. The Morgan fingerprint density at radius 2 is 1.33 bits per heavy atom. The van der Waals surface area contributed by atoms with E-state index in [1.54, 1.807) is 0 Å². The van der Waals surface area contributed by atoms with E-state index >= 15 is 0 Å². The number of aliphatic hydroxyl groups is 1. The van der Waals surface area contributed by atoms with Crippen molar-refractivity contribution in [3.8, 4) is 0 Å². The van der Waals surface area contributed by atoms with Crippen LogP contribution in [-0.4, -0.2) is 24.4 Å². The van der Waals surface area contributed by atoms with Crippen LogP contribution in [0, 0.1) is 6.92 Å². The summed E-state index contributed by atoms with van der Waals surface area (Å²) in [6, 6.07) is 0. The number of rotatable bonds is 16. The van der Waals surface area contributed by atoms with Crippen LogP contribution in [0.1, 0.15) is 96.8 Å². The second-order valence-corrected chi connectivity index (χ2v) is 6.35. The lowest BCUT2D eigenvalue weighted by molar-refractivity contribution is 0.0839. The number of ether oxygens (including phenoxy) is 1. The molecule has 0 saturated carbocycles. The highest BCUT2D eigenvalue weighted by Crippen LogP contribution is 2.15. The fraction of sp³-hybridized carbons (Fsp3) is 0.947. The van der Waals surface area contributed by atoms with Crippen molar-refractivity contribution in [1.82, 2.24) is 0 Å². The van der Waals surface area contributed by atoms with Crippen molar-refractivity contribution in [3.05, 3.63) is 6.92 Å². The van der Waals surface area contributed by atoms with Gasteiger partial charge in [-0.15, -0.1) is 0 Å². The van der Waals surface area contributed by atoms with E-state index in [-0.39, 0.29) is 6.10 Å². The normalized spacial score (nSPS) is 14.3. The molecule has 0 saturated heterocycles. The molecule has 127 valence electrons. The van der Waals surface area contributed by atoms with E-state index in [0.29, 0.717) is 6.10 Å². The van der Waals surface area contributed by atoms with Gasteiger partial charge in [-0.2, -0.15) is 0 Å². The van der Waals surface area contributed by atoms with Crippen molar-refractivity contribution in [2.24, 2.45) is 0 Å². The first-order valence-electron chi connectivity index (χ1n) is 9.24. The van der Waals surface area contributed by atoms with E-state index in [1.807, 2.05) is 7.11 Å². The highest BCUT2D eigenvalue weighted by atomic mass is 16.5. The zero-order chi connectivity index (χ0) is 15.8. The smallest absolute Gasteiger partial charge is 0.0571 e. The maximum Gasteiger partial charge on any atom is 0.0571 e. The zero-order valence-corrected chi connectivity index (χ0v) is 14.6. The van der Waals surface area contributed by atoms with Gasteiger partial charge in [-0.3, -0.25) is 0 Å². The monoisotopic (exact) mass is 299 g/mol. The molecule has 0 aromatic heterocycles. The van der Waals surface area contributed by atoms with Gasteiger partial charge in [-0.1, -0.05) is 78.1 Å². The second-order valence-electron chi connectivity index (χ2n) is 6.35. The van der Waals surface area contributed by atoms with Crippen LogP contribution in [0.4, 0.5) is 0 Å². The molecule has 0 aromatic rings. The Hall–Kier alpha value is -0.0800. The van der Waals surface area contributed by atoms with E-state index < -0.39 is 0 Å². The molecular weight excluding hydrogens is 260 g/mol. The van der Waals surface area contributed by atoms with E-state index in [4.69, 9.17) is 4.74 Å². The Labute approximate surface area is 133 Å². The molecule has 0 aromatic carbocycles. The van der Waals surface area contributed by atoms with Crippen molar-refractivity contribution >= 4 is 0 Å².